The number of fused-ring (bicyclic) bond motifs is 12. The Morgan fingerprint density at radius 2 is 0.667 bits per heavy atom. The van der Waals surface area contributed by atoms with Crippen LogP contribution in [-0.4, -0.2) is 4.57 Å². The maximum Gasteiger partial charge on any atom is 0.0561 e. The van der Waals surface area contributed by atoms with Crippen molar-refractivity contribution in [1.29, 1.82) is 0 Å². The highest BCUT2D eigenvalue weighted by Crippen LogP contribution is 2.72. The molecule has 108 heavy (non-hydrogen) atoms. The second-order valence-electron chi connectivity index (χ2n) is 33.0. The molecule has 14 aromatic carbocycles. The standard InChI is InChI=1S/C52H42N2.C52H41NS/c1-3-14-36(15-4-1)41-18-8-11-23-47(41)54(40-26-27-43-42-19-9-12-24-48(42)53(50(43)33-40)39-16-5-2-6-17-39)49-25-13-22-46-51(49)44-20-7-10-21-45(44)52(46)37-29-34-28-35(31-37)32-38(52)30-34;1-2-11-35(12-3-1)41-13-5-8-19-48(41)53(40-25-26-44-43-14-6-9-20-49(43)54-50(44)32-40)39-23-21-36(22-24-39)42-16-10-18-47-51(42)45-15-4-7-17-46(45)52(47)37-28-33-27-34(30-37)31-38(52)29-33/h1-27,33-35,37-38H,28-32H2;1-26,32-34,37-38H,27-31H2. The van der Waals surface area contributed by atoms with Crippen LogP contribution in [0.15, 0.2) is 334 Å². The summed E-state index contributed by atoms with van der Waals surface area (Å²) in [6, 6.07) is 125. The first-order chi connectivity index (χ1) is 53.5. The molecule has 2 heterocycles. The van der Waals surface area contributed by atoms with Crippen molar-refractivity contribution in [1.82, 2.24) is 4.57 Å². The molecule has 0 N–H and O–H groups in total. The van der Waals surface area contributed by atoms with E-state index in [0.29, 0.717) is 0 Å². The van der Waals surface area contributed by atoms with Gasteiger partial charge in [0, 0.05) is 81.2 Å². The van der Waals surface area contributed by atoms with Crippen molar-refractivity contribution in [2.75, 3.05) is 9.80 Å². The fourth-order valence-electron chi connectivity index (χ4n) is 24.3. The van der Waals surface area contributed by atoms with Gasteiger partial charge in [0.2, 0.25) is 0 Å². The zero-order valence-corrected chi connectivity index (χ0v) is 61.5. The van der Waals surface area contributed by atoms with Crippen molar-refractivity contribution in [3.05, 3.63) is 356 Å². The molecule has 0 unspecified atom stereocenters. The molecule has 0 aliphatic heterocycles. The van der Waals surface area contributed by atoms with Gasteiger partial charge in [-0.1, -0.05) is 255 Å². The van der Waals surface area contributed by atoms with E-state index in [0.717, 1.165) is 53.0 Å². The quantitative estimate of drug-likeness (QED) is 0.135. The summed E-state index contributed by atoms with van der Waals surface area (Å²) in [7, 11) is 0. The number of aromatic nitrogens is 1. The normalized spacial score (nSPS) is 23.3. The lowest BCUT2D eigenvalue weighted by atomic mass is 9.43. The van der Waals surface area contributed by atoms with Gasteiger partial charge in [0.15, 0.2) is 0 Å². The predicted octanol–water partition coefficient (Wildman–Crippen LogP) is 28.2. The summed E-state index contributed by atoms with van der Waals surface area (Å²) >= 11 is 1.88. The molecule has 8 fully saturated rings. The Morgan fingerprint density at radius 3 is 1.28 bits per heavy atom. The van der Waals surface area contributed by atoms with Crippen molar-refractivity contribution in [2.45, 2.75) is 75.0 Å². The van der Waals surface area contributed by atoms with Gasteiger partial charge in [0.1, 0.15) is 0 Å². The second kappa shape index (κ2) is 24.6. The lowest BCUT2D eigenvalue weighted by Gasteiger charge is -2.61. The molecule has 16 aromatic rings. The number of rotatable bonds is 10. The molecule has 8 bridgehead atoms. The maximum atomic E-state index is 2.60. The van der Waals surface area contributed by atoms with Gasteiger partial charge >= 0.3 is 0 Å². The SMILES string of the molecule is c1ccc(-c2ccccc2N(c2ccc(-c3cccc4c3-c3ccccc3C43C4CC5CC(C4)CC3C5)cc2)c2ccc3c(c2)sc2ccccc23)cc1.c1ccc(-c2ccccc2N(c2ccc3c4ccccc4n(-c4ccccc4)c3c2)c2cccc3c2-c2ccccc2C32C3CC4CC(C3)CC2C4)cc1. The fourth-order valence-corrected chi connectivity index (χ4v) is 25.4. The highest BCUT2D eigenvalue weighted by molar-refractivity contribution is 7.25. The van der Waals surface area contributed by atoms with Gasteiger partial charge in [0.05, 0.1) is 28.1 Å². The van der Waals surface area contributed by atoms with E-state index >= 15 is 0 Å². The van der Waals surface area contributed by atoms with Gasteiger partial charge < -0.3 is 14.4 Å². The third kappa shape index (κ3) is 9.32. The minimum absolute atomic E-state index is 0.101. The first kappa shape index (κ1) is 62.9. The van der Waals surface area contributed by atoms with Crippen molar-refractivity contribution in [3.63, 3.8) is 0 Å². The van der Waals surface area contributed by atoms with Crippen molar-refractivity contribution < 1.29 is 0 Å². The van der Waals surface area contributed by atoms with Gasteiger partial charge in [-0.05, 0) is 252 Å². The summed E-state index contributed by atoms with van der Waals surface area (Å²) in [5.41, 5.74) is 30.9. The van der Waals surface area contributed by atoms with Crippen LogP contribution >= 0.6 is 11.3 Å². The molecule has 0 atom stereocenters. The topological polar surface area (TPSA) is 11.4 Å². The van der Waals surface area contributed by atoms with Gasteiger partial charge in [-0.25, -0.2) is 0 Å². The summed E-state index contributed by atoms with van der Waals surface area (Å²) < 4.78 is 5.09. The van der Waals surface area contributed by atoms with Crippen LogP contribution < -0.4 is 9.80 Å². The van der Waals surface area contributed by atoms with E-state index in [9.17, 15) is 0 Å². The number of hydrogen-bond acceptors (Lipinski definition) is 3. The lowest BCUT2D eigenvalue weighted by Crippen LogP contribution is -2.55. The number of thiophene rings is 1. The molecule has 0 saturated heterocycles. The van der Waals surface area contributed by atoms with E-state index in [4.69, 9.17) is 0 Å². The van der Waals surface area contributed by atoms with Crippen LogP contribution in [0.1, 0.15) is 86.5 Å². The molecule has 2 aromatic heterocycles. The zero-order valence-electron chi connectivity index (χ0n) is 60.7. The third-order valence-electron chi connectivity index (χ3n) is 27.8. The summed E-state index contributed by atoms with van der Waals surface area (Å²) in [6.07, 6.45) is 14.1. The van der Waals surface area contributed by atoms with Gasteiger partial charge in [-0.2, -0.15) is 0 Å². The number of hydrogen-bond donors (Lipinski definition) is 0. The average Bonchev–Trinajstić information content (AvgIpc) is 1.50. The van der Waals surface area contributed by atoms with Crippen LogP contribution in [0.2, 0.25) is 0 Å². The van der Waals surface area contributed by atoms with Crippen molar-refractivity contribution in [2.24, 2.45) is 47.3 Å². The second-order valence-corrected chi connectivity index (χ2v) is 34.1. The molecule has 3 nitrogen and oxygen atoms in total. The zero-order chi connectivity index (χ0) is 70.8. The smallest absolute Gasteiger partial charge is 0.0561 e. The Hall–Kier alpha value is -11.3. The molecule has 2 spiro atoms. The molecule has 26 rings (SSSR count). The van der Waals surface area contributed by atoms with Crippen LogP contribution in [0.5, 0.6) is 0 Å². The highest BCUT2D eigenvalue weighted by atomic mass is 32.1. The van der Waals surface area contributed by atoms with Gasteiger partial charge in [-0.15, -0.1) is 11.3 Å². The molecule has 10 aliphatic rings. The van der Waals surface area contributed by atoms with Crippen LogP contribution in [0.3, 0.4) is 0 Å². The monoisotopic (exact) mass is 1410 g/mol. The van der Waals surface area contributed by atoms with E-state index in [-0.39, 0.29) is 10.8 Å². The highest BCUT2D eigenvalue weighted by Gasteiger charge is 2.63. The Morgan fingerprint density at radius 1 is 0.259 bits per heavy atom. The largest absolute Gasteiger partial charge is 0.310 e. The molecular formula is C104H83N3S. The van der Waals surface area contributed by atoms with Crippen LogP contribution in [0.25, 0.3) is 103 Å². The predicted molar refractivity (Wildman–Crippen MR) is 452 cm³/mol. The van der Waals surface area contributed by atoms with E-state index < -0.39 is 0 Å². The average molecular weight is 1410 g/mol. The van der Waals surface area contributed by atoms with Crippen molar-refractivity contribution >= 4 is 87.4 Å². The Labute approximate surface area is 637 Å². The molecule has 520 valence electrons. The first-order valence-electron chi connectivity index (χ1n) is 40.0. The van der Waals surface area contributed by atoms with E-state index in [1.165, 1.54) is 196 Å². The third-order valence-corrected chi connectivity index (χ3v) is 29.0. The Kier molecular flexibility index (Phi) is 14.3. The Bertz CT molecular complexity index is 6180. The van der Waals surface area contributed by atoms with E-state index in [2.05, 4.69) is 348 Å². The first-order valence-corrected chi connectivity index (χ1v) is 40.8. The minimum Gasteiger partial charge on any atom is -0.310 e. The molecule has 0 radical (unpaired) electrons. The number of para-hydroxylation sites is 4. The van der Waals surface area contributed by atoms with E-state index in [1.54, 1.807) is 22.3 Å². The molecule has 8 saturated carbocycles. The van der Waals surface area contributed by atoms with Crippen LogP contribution in [-0.2, 0) is 10.8 Å². The van der Waals surface area contributed by atoms with E-state index in [1.807, 2.05) is 11.3 Å². The van der Waals surface area contributed by atoms with Crippen LogP contribution in [0.4, 0.5) is 34.1 Å². The summed E-state index contributed by atoms with van der Waals surface area (Å²) in [5.74, 6) is 6.68. The van der Waals surface area contributed by atoms with Gasteiger partial charge in [0.25, 0.3) is 0 Å². The molecule has 0 amide bonds. The number of anilines is 6. The summed E-state index contributed by atoms with van der Waals surface area (Å²) in [4.78, 5) is 5.06. The van der Waals surface area contributed by atoms with Crippen LogP contribution in [0, 0.1) is 47.3 Å². The molecule has 10 aliphatic carbocycles. The maximum absolute atomic E-state index is 2.60. The van der Waals surface area contributed by atoms with Crippen molar-refractivity contribution in [3.8, 4) is 61.3 Å². The lowest BCUT2D eigenvalue weighted by molar-refractivity contribution is -0.0399. The summed E-state index contributed by atoms with van der Waals surface area (Å²) in [6.45, 7) is 0. The summed E-state index contributed by atoms with van der Waals surface area (Å²) in [5, 5.41) is 5.20. The number of benzene rings is 14. The Balaban J connectivity index is 0.000000130. The number of nitrogens with zero attached hydrogens (tertiary/aromatic N) is 3. The molecule has 4 heteroatoms. The van der Waals surface area contributed by atoms with Gasteiger partial charge in [-0.3, -0.25) is 0 Å². The molecular weight excluding hydrogens is 1320 g/mol. The minimum atomic E-state index is 0.101. The fraction of sp³-hybridized carbons (Fsp3) is 0.192.